The summed E-state index contributed by atoms with van der Waals surface area (Å²) < 4.78 is 7.12. The van der Waals surface area contributed by atoms with Crippen LogP contribution in [0.25, 0.3) is 0 Å². The zero-order valence-corrected chi connectivity index (χ0v) is 16.4. The number of aryl methyl sites for hydroxylation is 2. The van der Waals surface area contributed by atoms with E-state index in [-0.39, 0.29) is 23.7 Å². The Morgan fingerprint density at radius 2 is 2.04 bits per heavy atom. The SMILES string of the molecule is CN(CCCc1cnn(C)c1)C(=O)[C@H]1CNC[C@H](C(=O)N2CCOCC2)C1. The number of carbonyl (C=O) groups excluding carboxylic acids is 2. The molecule has 0 aromatic carbocycles. The molecule has 0 bridgehead atoms. The van der Waals surface area contributed by atoms with E-state index < -0.39 is 0 Å². The zero-order chi connectivity index (χ0) is 19.2. The number of nitrogens with zero attached hydrogens (tertiary/aromatic N) is 4. The first kappa shape index (κ1) is 19.8. The van der Waals surface area contributed by atoms with Crippen molar-refractivity contribution in [1.29, 1.82) is 0 Å². The maximum Gasteiger partial charge on any atom is 0.227 e. The van der Waals surface area contributed by atoms with Crippen LogP contribution < -0.4 is 5.32 Å². The van der Waals surface area contributed by atoms with Gasteiger partial charge in [0.15, 0.2) is 0 Å². The lowest BCUT2D eigenvalue weighted by atomic mass is 9.88. The molecule has 1 aromatic heterocycles. The summed E-state index contributed by atoms with van der Waals surface area (Å²) in [4.78, 5) is 29.2. The fraction of sp³-hybridized carbons (Fsp3) is 0.737. The highest BCUT2D eigenvalue weighted by molar-refractivity contribution is 5.83. The second-order valence-electron chi connectivity index (χ2n) is 7.61. The molecule has 2 amide bonds. The highest BCUT2D eigenvalue weighted by atomic mass is 16.5. The summed E-state index contributed by atoms with van der Waals surface area (Å²) >= 11 is 0. The summed E-state index contributed by atoms with van der Waals surface area (Å²) in [5, 5.41) is 7.46. The van der Waals surface area contributed by atoms with Gasteiger partial charge >= 0.3 is 0 Å². The quantitative estimate of drug-likeness (QED) is 0.749. The maximum atomic E-state index is 12.8. The Kier molecular flexibility index (Phi) is 6.84. The third kappa shape index (κ3) is 5.29. The van der Waals surface area contributed by atoms with Crippen LogP contribution >= 0.6 is 0 Å². The number of nitrogens with one attached hydrogen (secondary N) is 1. The Hall–Kier alpha value is -1.93. The van der Waals surface area contributed by atoms with E-state index in [1.807, 2.05) is 36.3 Å². The summed E-state index contributed by atoms with van der Waals surface area (Å²) in [6, 6.07) is 0. The Labute approximate surface area is 160 Å². The second kappa shape index (κ2) is 9.32. The molecule has 3 heterocycles. The van der Waals surface area contributed by atoms with Gasteiger partial charge in [-0.15, -0.1) is 0 Å². The summed E-state index contributed by atoms with van der Waals surface area (Å²) in [7, 11) is 3.77. The third-order valence-corrected chi connectivity index (χ3v) is 5.47. The number of carbonyl (C=O) groups is 2. The normalized spacial score (nSPS) is 23.3. The summed E-state index contributed by atoms with van der Waals surface area (Å²) in [6.45, 7) is 4.54. The van der Waals surface area contributed by atoms with E-state index in [1.54, 1.807) is 4.68 Å². The third-order valence-electron chi connectivity index (χ3n) is 5.47. The lowest BCUT2D eigenvalue weighted by molar-refractivity contribution is -0.142. The molecule has 2 aliphatic heterocycles. The lowest BCUT2D eigenvalue weighted by Crippen LogP contribution is -2.51. The number of hydrogen-bond acceptors (Lipinski definition) is 5. The minimum Gasteiger partial charge on any atom is -0.378 e. The molecule has 1 N–H and O–H groups in total. The molecule has 0 aliphatic carbocycles. The number of amides is 2. The van der Waals surface area contributed by atoms with Crippen LogP contribution in [0.4, 0.5) is 0 Å². The molecule has 0 saturated carbocycles. The molecule has 0 unspecified atom stereocenters. The zero-order valence-electron chi connectivity index (χ0n) is 16.4. The molecule has 2 saturated heterocycles. The minimum atomic E-state index is -0.128. The molecule has 2 aliphatic rings. The molecule has 0 spiro atoms. The molecular formula is C19H31N5O3. The van der Waals surface area contributed by atoms with Gasteiger partial charge in [-0.3, -0.25) is 14.3 Å². The molecule has 3 rings (SSSR count). The van der Waals surface area contributed by atoms with Crippen LogP contribution in [0, 0.1) is 11.8 Å². The smallest absolute Gasteiger partial charge is 0.227 e. The first-order chi connectivity index (χ1) is 13.0. The van der Waals surface area contributed by atoms with Crippen molar-refractivity contribution in [3.8, 4) is 0 Å². The van der Waals surface area contributed by atoms with Gasteiger partial charge in [-0.25, -0.2) is 0 Å². The Bertz CT molecular complexity index is 641. The van der Waals surface area contributed by atoms with E-state index in [0.717, 1.165) is 12.8 Å². The number of rotatable bonds is 6. The van der Waals surface area contributed by atoms with Crippen LogP contribution in [0.15, 0.2) is 12.4 Å². The van der Waals surface area contributed by atoms with Crippen molar-refractivity contribution in [3.63, 3.8) is 0 Å². The van der Waals surface area contributed by atoms with Gasteiger partial charge in [0.1, 0.15) is 0 Å². The first-order valence-corrected chi connectivity index (χ1v) is 9.84. The van der Waals surface area contributed by atoms with Gasteiger partial charge < -0.3 is 19.9 Å². The summed E-state index contributed by atoms with van der Waals surface area (Å²) in [5.74, 6) is 0.0439. The molecule has 27 heavy (non-hydrogen) atoms. The number of aromatic nitrogens is 2. The predicted octanol–water partition coefficient (Wildman–Crippen LogP) is -0.104. The van der Waals surface area contributed by atoms with Gasteiger partial charge in [0.05, 0.1) is 31.2 Å². The largest absolute Gasteiger partial charge is 0.378 e. The van der Waals surface area contributed by atoms with E-state index in [4.69, 9.17) is 4.74 Å². The number of hydrogen-bond donors (Lipinski definition) is 1. The fourth-order valence-electron chi connectivity index (χ4n) is 3.90. The molecule has 2 fully saturated rings. The standard InChI is InChI=1S/C19H31N5O3/c1-22(5-3-4-15-11-21-23(2)14-15)18(25)16-10-17(13-20-12-16)19(26)24-6-8-27-9-7-24/h11,14,16-17,20H,3-10,12-13H2,1-2H3/t16-,17-/m1/s1. The van der Waals surface area contributed by atoms with Crippen LogP contribution in [0.3, 0.4) is 0 Å². The van der Waals surface area contributed by atoms with Crippen molar-refractivity contribution in [2.45, 2.75) is 19.3 Å². The lowest BCUT2D eigenvalue weighted by Gasteiger charge is -2.35. The average Bonchev–Trinajstić information content (AvgIpc) is 3.12. The predicted molar refractivity (Wildman–Crippen MR) is 101 cm³/mol. The number of ether oxygens (including phenoxy) is 1. The van der Waals surface area contributed by atoms with E-state index in [1.165, 1.54) is 5.56 Å². The van der Waals surface area contributed by atoms with Crippen molar-refractivity contribution in [2.75, 3.05) is 53.0 Å². The van der Waals surface area contributed by atoms with E-state index in [2.05, 4.69) is 10.4 Å². The monoisotopic (exact) mass is 377 g/mol. The average molecular weight is 377 g/mol. The fourth-order valence-corrected chi connectivity index (χ4v) is 3.90. The van der Waals surface area contributed by atoms with Gasteiger partial charge in [0.2, 0.25) is 11.8 Å². The highest BCUT2D eigenvalue weighted by Gasteiger charge is 2.34. The second-order valence-corrected chi connectivity index (χ2v) is 7.61. The molecular weight excluding hydrogens is 346 g/mol. The van der Waals surface area contributed by atoms with Crippen LogP contribution in [0.2, 0.25) is 0 Å². The molecule has 150 valence electrons. The van der Waals surface area contributed by atoms with Crippen molar-refractivity contribution in [2.24, 2.45) is 18.9 Å². The van der Waals surface area contributed by atoms with Crippen molar-refractivity contribution < 1.29 is 14.3 Å². The van der Waals surface area contributed by atoms with Crippen LogP contribution in [-0.4, -0.2) is 84.4 Å². The molecule has 0 radical (unpaired) electrons. The van der Waals surface area contributed by atoms with E-state index in [9.17, 15) is 9.59 Å². The first-order valence-electron chi connectivity index (χ1n) is 9.84. The number of piperidine rings is 1. The number of morpholine rings is 1. The van der Waals surface area contributed by atoms with Gasteiger partial charge in [-0.2, -0.15) is 5.10 Å². The molecule has 1 aromatic rings. The van der Waals surface area contributed by atoms with Gasteiger partial charge in [0, 0.05) is 53.0 Å². The molecule has 2 atom stereocenters. The minimum absolute atomic E-state index is 0.116. The molecule has 8 heteroatoms. The highest BCUT2D eigenvalue weighted by Crippen LogP contribution is 2.21. The maximum absolute atomic E-state index is 12.8. The Morgan fingerprint density at radius 1 is 1.30 bits per heavy atom. The van der Waals surface area contributed by atoms with Gasteiger partial charge in [-0.1, -0.05) is 0 Å². The van der Waals surface area contributed by atoms with Gasteiger partial charge in [0.25, 0.3) is 0 Å². The van der Waals surface area contributed by atoms with Crippen molar-refractivity contribution in [3.05, 3.63) is 18.0 Å². The van der Waals surface area contributed by atoms with Crippen LogP contribution in [0.1, 0.15) is 18.4 Å². The van der Waals surface area contributed by atoms with Crippen LogP contribution in [0.5, 0.6) is 0 Å². The Balaban J connectivity index is 1.46. The summed E-state index contributed by atoms with van der Waals surface area (Å²) in [6.07, 6.45) is 6.33. The Morgan fingerprint density at radius 3 is 2.74 bits per heavy atom. The van der Waals surface area contributed by atoms with E-state index >= 15 is 0 Å². The van der Waals surface area contributed by atoms with Crippen LogP contribution in [-0.2, 0) is 27.8 Å². The van der Waals surface area contributed by atoms with E-state index in [0.29, 0.717) is 52.4 Å². The van der Waals surface area contributed by atoms with Crippen molar-refractivity contribution in [1.82, 2.24) is 24.9 Å². The topological polar surface area (TPSA) is 79.7 Å². The van der Waals surface area contributed by atoms with Crippen molar-refractivity contribution >= 4 is 11.8 Å². The molecule has 8 nitrogen and oxygen atoms in total. The summed E-state index contributed by atoms with van der Waals surface area (Å²) in [5.41, 5.74) is 1.19. The van der Waals surface area contributed by atoms with Gasteiger partial charge in [-0.05, 0) is 24.8 Å².